The second-order valence-electron chi connectivity index (χ2n) is 5.48. The lowest BCUT2D eigenvalue weighted by Gasteiger charge is -2.35. The Bertz CT molecular complexity index is 283. The number of piperidine rings is 1. The van der Waals surface area contributed by atoms with Crippen molar-refractivity contribution in [2.75, 3.05) is 25.0 Å². The summed E-state index contributed by atoms with van der Waals surface area (Å²) in [6, 6.07) is 0. The van der Waals surface area contributed by atoms with Crippen LogP contribution in [0.1, 0.15) is 39.0 Å². The second-order valence-corrected chi connectivity index (χ2v) is 6.28. The molecule has 2 aliphatic rings. The van der Waals surface area contributed by atoms with E-state index in [1.54, 1.807) is 0 Å². The first kappa shape index (κ1) is 14.3. The molecule has 0 N–H and O–H groups in total. The highest BCUT2D eigenvalue weighted by Crippen LogP contribution is 2.28. The van der Waals surface area contributed by atoms with Crippen LogP contribution >= 0.6 is 15.9 Å². The van der Waals surface area contributed by atoms with Gasteiger partial charge in [0.25, 0.3) is 0 Å². The third-order valence-electron chi connectivity index (χ3n) is 4.28. The van der Waals surface area contributed by atoms with Crippen LogP contribution in [0.25, 0.3) is 0 Å². The van der Waals surface area contributed by atoms with Gasteiger partial charge in [0.1, 0.15) is 0 Å². The van der Waals surface area contributed by atoms with Crippen molar-refractivity contribution < 1.29 is 9.53 Å². The summed E-state index contributed by atoms with van der Waals surface area (Å²) in [6.07, 6.45) is 5.64. The summed E-state index contributed by atoms with van der Waals surface area (Å²) < 4.78 is 5.65. The highest BCUT2D eigenvalue weighted by Gasteiger charge is 2.36. The molecule has 3 unspecified atom stereocenters. The molecule has 0 aromatic rings. The molecule has 4 heteroatoms. The van der Waals surface area contributed by atoms with Gasteiger partial charge in [-0.3, -0.25) is 4.79 Å². The van der Waals surface area contributed by atoms with Gasteiger partial charge in [-0.1, -0.05) is 22.9 Å². The first-order valence-electron chi connectivity index (χ1n) is 7.22. The van der Waals surface area contributed by atoms with Gasteiger partial charge in [0.15, 0.2) is 0 Å². The summed E-state index contributed by atoms with van der Waals surface area (Å²) in [7, 11) is 0. The van der Waals surface area contributed by atoms with Crippen molar-refractivity contribution in [1.29, 1.82) is 0 Å². The second kappa shape index (κ2) is 6.90. The first-order valence-corrected chi connectivity index (χ1v) is 8.34. The molecule has 3 nitrogen and oxygen atoms in total. The van der Waals surface area contributed by atoms with E-state index in [0.717, 1.165) is 44.3 Å². The molecule has 1 amide bonds. The van der Waals surface area contributed by atoms with Gasteiger partial charge >= 0.3 is 0 Å². The zero-order valence-electron chi connectivity index (χ0n) is 11.2. The van der Waals surface area contributed by atoms with E-state index in [-0.39, 0.29) is 12.0 Å². The third kappa shape index (κ3) is 3.27. The highest BCUT2D eigenvalue weighted by molar-refractivity contribution is 9.09. The Balaban J connectivity index is 1.91. The van der Waals surface area contributed by atoms with Crippen molar-refractivity contribution in [2.45, 2.75) is 45.1 Å². The van der Waals surface area contributed by atoms with Gasteiger partial charge in [0.05, 0.1) is 12.0 Å². The molecule has 0 radical (unpaired) electrons. The Morgan fingerprint density at radius 3 is 3.00 bits per heavy atom. The average Bonchev–Trinajstić information content (AvgIpc) is 2.87. The number of halogens is 1. The minimum atomic E-state index is 0.123. The number of hydrogen-bond acceptors (Lipinski definition) is 2. The summed E-state index contributed by atoms with van der Waals surface area (Å²) in [5.74, 6) is 1.15. The number of ether oxygens (including phenoxy) is 1. The number of amides is 1. The molecule has 0 bridgehead atoms. The molecule has 18 heavy (non-hydrogen) atoms. The van der Waals surface area contributed by atoms with Crippen LogP contribution < -0.4 is 0 Å². The first-order chi connectivity index (χ1) is 8.76. The van der Waals surface area contributed by atoms with Crippen LogP contribution in [0.15, 0.2) is 0 Å². The van der Waals surface area contributed by atoms with E-state index in [9.17, 15) is 4.79 Å². The van der Waals surface area contributed by atoms with Crippen LogP contribution in [0.2, 0.25) is 0 Å². The number of hydrogen-bond donors (Lipinski definition) is 0. The van der Waals surface area contributed by atoms with Crippen molar-refractivity contribution in [1.82, 2.24) is 4.90 Å². The van der Waals surface area contributed by atoms with Gasteiger partial charge in [0, 0.05) is 25.0 Å². The van der Waals surface area contributed by atoms with Crippen LogP contribution in [0, 0.1) is 11.8 Å². The number of rotatable bonds is 4. The van der Waals surface area contributed by atoms with Crippen LogP contribution in [-0.4, -0.2) is 41.9 Å². The molecule has 0 spiro atoms. The van der Waals surface area contributed by atoms with Gasteiger partial charge in [-0.25, -0.2) is 0 Å². The van der Waals surface area contributed by atoms with E-state index >= 15 is 0 Å². The molecule has 2 fully saturated rings. The number of carbonyl (C=O) groups is 1. The topological polar surface area (TPSA) is 29.5 Å². The lowest BCUT2D eigenvalue weighted by atomic mass is 9.92. The van der Waals surface area contributed by atoms with Crippen molar-refractivity contribution >= 4 is 21.8 Å². The molecule has 0 aliphatic carbocycles. The Kier molecular flexibility index (Phi) is 5.49. The molecule has 104 valence electrons. The van der Waals surface area contributed by atoms with Gasteiger partial charge in [-0.2, -0.15) is 0 Å². The van der Waals surface area contributed by atoms with Gasteiger partial charge in [0.2, 0.25) is 5.91 Å². The Morgan fingerprint density at radius 1 is 1.44 bits per heavy atom. The summed E-state index contributed by atoms with van der Waals surface area (Å²) in [5, 5.41) is 1.05. The number of likely N-dealkylation sites (tertiary alicyclic amines) is 1. The Labute approximate surface area is 118 Å². The van der Waals surface area contributed by atoms with Crippen molar-refractivity contribution in [3.05, 3.63) is 0 Å². The zero-order valence-corrected chi connectivity index (χ0v) is 12.8. The lowest BCUT2D eigenvalue weighted by Crippen LogP contribution is -2.44. The largest absolute Gasteiger partial charge is 0.377 e. The molecule has 2 aliphatic heterocycles. The third-order valence-corrected chi connectivity index (χ3v) is 4.73. The van der Waals surface area contributed by atoms with Crippen molar-refractivity contribution in [3.63, 3.8) is 0 Å². The molecule has 2 saturated heterocycles. The summed E-state index contributed by atoms with van der Waals surface area (Å²) in [6.45, 7) is 4.77. The molecular formula is C14H24BrNO2. The standard InChI is InChI=1S/C14H24BrNO2/c1-2-13-12(6-9-18-13)14(17)16-8-3-4-11(10-16)5-7-15/h11-13H,2-10H2,1H3. The maximum absolute atomic E-state index is 12.6. The monoisotopic (exact) mass is 317 g/mol. The predicted octanol–water partition coefficient (Wildman–Crippen LogP) is 2.83. The predicted molar refractivity (Wildman–Crippen MR) is 75.9 cm³/mol. The number of carbonyl (C=O) groups excluding carboxylic acids is 1. The van der Waals surface area contributed by atoms with Gasteiger partial charge in [-0.05, 0) is 38.0 Å². The fraction of sp³-hybridized carbons (Fsp3) is 0.929. The van der Waals surface area contributed by atoms with E-state index in [1.165, 1.54) is 12.8 Å². The molecule has 0 aromatic carbocycles. The van der Waals surface area contributed by atoms with Crippen LogP contribution in [0.4, 0.5) is 0 Å². The average molecular weight is 318 g/mol. The fourth-order valence-electron chi connectivity index (χ4n) is 3.22. The normalized spacial score (nSPS) is 32.8. The Hall–Kier alpha value is -0.0900. The molecular weight excluding hydrogens is 294 g/mol. The zero-order chi connectivity index (χ0) is 13.0. The van der Waals surface area contributed by atoms with Crippen LogP contribution in [0.5, 0.6) is 0 Å². The molecule has 2 heterocycles. The van der Waals surface area contributed by atoms with E-state index in [0.29, 0.717) is 11.8 Å². The molecule has 3 atom stereocenters. The molecule has 0 saturated carbocycles. The van der Waals surface area contributed by atoms with Crippen LogP contribution in [-0.2, 0) is 9.53 Å². The highest BCUT2D eigenvalue weighted by atomic mass is 79.9. The van der Waals surface area contributed by atoms with Crippen molar-refractivity contribution in [3.8, 4) is 0 Å². The maximum atomic E-state index is 12.6. The van der Waals surface area contributed by atoms with Gasteiger partial charge < -0.3 is 9.64 Å². The summed E-state index contributed by atoms with van der Waals surface area (Å²) >= 11 is 3.51. The van der Waals surface area contributed by atoms with Crippen molar-refractivity contribution in [2.24, 2.45) is 11.8 Å². The Morgan fingerprint density at radius 2 is 2.28 bits per heavy atom. The summed E-state index contributed by atoms with van der Waals surface area (Å²) in [4.78, 5) is 14.6. The lowest BCUT2D eigenvalue weighted by molar-refractivity contribution is -0.139. The van der Waals surface area contributed by atoms with E-state index in [4.69, 9.17) is 4.74 Å². The maximum Gasteiger partial charge on any atom is 0.228 e. The SMILES string of the molecule is CCC1OCCC1C(=O)N1CCCC(CCBr)C1. The number of alkyl halides is 1. The quantitative estimate of drug-likeness (QED) is 0.746. The molecule has 0 aromatic heterocycles. The van der Waals surface area contributed by atoms with Crippen LogP contribution in [0.3, 0.4) is 0 Å². The van der Waals surface area contributed by atoms with E-state index < -0.39 is 0 Å². The van der Waals surface area contributed by atoms with E-state index in [1.807, 2.05) is 0 Å². The van der Waals surface area contributed by atoms with E-state index in [2.05, 4.69) is 27.8 Å². The summed E-state index contributed by atoms with van der Waals surface area (Å²) in [5.41, 5.74) is 0. The molecule has 2 rings (SSSR count). The smallest absolute Gasteiger partial charge is 0.228 e. The number of nitrogens with zero attached hydrogens (tertiary/aromatic N) is 1. The van der Waals surface area contributed by atoms with Gasteiger partial charge in [-0.15, -0.1) is 0 Å². The fourth-order valence-corrected chi connectivity index (χ4v) is 3.87. The minimum Gasteiger partial charge on any atom is -0.377 e. The minimum absolute atomic E-state index is 0.123.